The van der Waals surface area contributed by atoms with E-state index in [1.54, 1.807) is 0 Å². The molecule has 0 aromatic heterocycles. The zero-order valence-corrected chi connectivity index (χ0v) is 14.2. The molecule has 1 saturated heterocycles. The molecule has 2 aromatic rings. The van der Waals surface area contributed by atoms with Crippen LogP contribution < -0.4 is 0 Å². The summed E-state index contributed by atoms with van der Waals surface area (Å²) in [5, 5.41) is 0. The Morgan fingerprint density at radius 2 is 1.64 bits per heavy atom. The van der Waals surface area contributed by atoms with Gasteiger partial charge in [-0.05, 0) is 35.6 Å². The standard InChI is InChI=1S/C18H18F3NO2S/c19-18(20,21)17-8-6-14(7-9-17)13-25(23,24)22-11-10-16(12-22)15-4-2-1-3-5-15/h1-9,16H,10-13H2. The van der Waals surface area contributed by atoms with Gasteiger partial charge in [-0.15, -0.1) is 0 Å². The van der Waals surface area contributed by atoms with E-state index < -0.39 is 21.8 Å². The summed E-state index contributed by atoms with van der Waals surface area (Å²) in [6.07, 6.45) is -3.68. The molecule has 2 aromatic carbocycles. The molecule has 1 unspecified atom stereocenters. The van der Waals surface area contributed by atoms with Crippen LogP contribution in [-0.4, -0.2) is 25.8 Å². The molecule has 0 saturated carbocycles. The maximum Gasteiger partial charge on any atom is 0.416 e. The van der Waals surface area contributed by atoms with Crippen LogP contribution in [0.4, 0.5) is 13.2 Å². The number of benzene rings is 2. The molecule has 1 atom stereocenters. The molecule has 1 aliphatic heterocycles. The molecule has 134 valence electrons. The maximum absolute atomic E-state index is 12.6. The van der Waals surface area contributed by atoms with Crippen molar-refractivity contribution in [3.8, 4) is 0 Å². The molecule has 0 spiro atoms. The lowest BCUT2D eigenvalue weighted by Crippen LogP contribution is -2.29. The smallest absolute Gasteiger partial charge is 0.212 e. The first kappa shape index (κ1) is 17.9. The topological polar surface area (TPSA) is 37.4 Å². The van der Waals surface area contributed by atoms with Crippen molar-refractivity contribution in [2.24, 2.45) is 0 Å². The summed E-state index contributed by atoms with van der Waals surface area (Å²) in [4.78, 5) is 0. The first-order valence-corrected chi connectivity index (χ1v) is 9.55. The summed E-state index contributed by atoms with van der Waals surface area (Å²) in [7, 11) is -3.55. The highest BCUT2D eigenvalue weighted by atomic mass is 32.2. The fraction of sp³-hybridized carbons (Fsp3) is 0.333. The Morgan fingerprint density at radius 1 is 1.00 bits per heavy atom. The average Bonchev–Trinajstić information content (AvgIpc) is 3.06. The molecule has 3 nitrogen and oxygen atoms in total. The van der Waals surface area contributed by atoms with Gasteiger partial charge < -0.3 is 0 Å². The normalized spacial score (nSPS) is 19.2. The molecule has 0 bridgehead atoms. The average molecular weight is 369 g/mol. The van der Waals surface area contributed by atoms with E-state index in [0.717, 1.165) is 24.1 Å². The third-order valence-electron chi connectivity index (χ3n) is 4.45. The maximum atomic E-state index is 12.6. The summed E-state index contributed by atoms with van der Waals surface area (Å²) in [6.45, 7) is 0.843. The summed E-state index contributed by atoms with van der Waals surface area (Å²) in [6, 6.07) is 14.0. The van der Waals surface area contributed by atoms with Gasteiger partial charge in [0.2, 0.25) is 10.0 Å². The van der Waals surface area contributed by atoms with Crippen LogP contribution in [0, 0.1) is 0 Å². The number of sulfonamides is 1. The second kappa shape index (κ2) is 6.80. The Kier molecular flexibility index (Phi) is 4.88. The summed E-state index contributed by atoms with van der Waals surface area (Å²) >= 11 is 0. The van der Waals surface area contributed by atoms with Crippen LogP contribution in [0.5, 0.6) is 0 Å². The Balaban J connectivity index is 1.68. The van der Waals surface area contributed by atoms with Gasteiger partial charge in [0.25, 0.3) is 0 Å². The molecule has 3 rings (SSSR count). The SMILES string of the molecule is O=S(=O)(Cc1ccc(C(F)(F)F)cc1)N1CCC(c2ccccc2)C1. The van der Waals surface area contributed by atoms with E-state index in [1.807, 2.05) is 30.3 Å². The highest BCUT2D eigenvalue weighted by molar-refractivity contribution is 7.88. The summed E-state index contributed by atoms with van der Waals surface area (Å²) < 4.78 is 64.3. The zero-order valence-electron chi connectivity index (χ0n) is 13.4. The van der Waals surface area contributed by atoms with Crippen molar-refractivity contribution in [2.75, 3.05) is 13.1 Å². The molecule has 0 radical (unpaired) electrons. The minimum Gasteiger partial charge on any atom is -0.212 e. The van der Waals surface area contributed by atoms with Crippen molar-refractivity contribution < 1.29 is 21.6 Å². The summed E-state index contributed by atoms with van der Waals surface area (Å²) in [5.41, 5.74) is 0.685. The fourth-order valence-corrected chi connectivity index (χ4v) is 4.66. The second-order valence-corrected chi connectivity index (χ2v) is 8.17. The van der Waals surface area contributed by atoms with E-state index in [0.29, 0.717) is 18.7 Å². The fourth-order valence-electron chi connectivity index (χ4n) is 3.07. The Labute approximate surface area is 145 Å². The van der Waals surface area contributed by atoms with Gasteiger partial charge in [0, 0.05) is 13.1 Å². The predicted octanol–water partition coefficient (Wildman–Crippen LogP) is 4.02. The number of halogens is 3. The zero-order chi connectivity index (χ0) is 18.1. The molecule has 1 fully saturated rings. The summed E-state index contributed by atoms with van der Waals surface area (Å²) in [5.74, 6) is -0.129. The number of alkyl halides is 3. The molecule has 0 amide bonds. The van der Waals surface area contributed by atoms with E-state index >= 15 is 0 Å². The Morgan fingerprint density at radius 3 is 2.24 bits per heavy atom. The van der Waals surface area contributed by atoms with Crippen molar-refractivity contribution in [3.05, 3.63) is 71.3 Å². The number of hydrogen-bond acceptors (Lipinski definition) is 2. The van der Waals surface area contributed by atoms with Gasteiger partial charge in [-0.3, -0.25) is 0 Å². The lowest BCUT2D eigenvalue weighted by Gasteiger charge is -2.17. The van der Waals surface area contributed by atoms with Gasteiger partial charge in [0.1, 0.15) is 0 Å². The van der Waals surface area contributed by atoms with Gasteiger partial charge in [0.05, 0.1) is 11.3 Å². The van der Waals surface area contributed by atoms with Crippen molar-refractivity contribution in [1.82, 2.24) is 4.31 Å². The lowest BCUT2D eigenvalue weighted by molar-refractivity contribution is -0.137. The third kappa shape index (κ3) is 4.22. The minimum atomic E-state index is -4.42. The van der Waals surface area contributed by atoms with Crippen molar-refractivity contribution >= 4 is 10.0 Å². The second-order valence-electron chi connectivity index (χ2n) is 6.21. The van der Waals surface area contributed by atoms with Gasteiger partial charge in [-0.25, -0.2) is 12.7 Å². The molecule has 1 aliphatic rings. The van der Waals surface area contributed by atoms with Crippen LogP contribution in [0.3, 0.4) is 0 Å². The Bertz CT molecular complexity index is 818. The largest absolute Gasteiger partial charge is 0.416 e. The first-order valence-electron chi connectivity index (χ1n) is 7.94. The molecule has 0 aliphatic carbocycles. The lowest BCUT2D eigenvalue weighted by atomic mass is 9.99. The van der Waals surface area contributed by atoms with Crippen molar-refractivity contribution in [2.45, 2.75) is 24.3 Å². The van der Waals surface area contributed by atoms with Crippen molar-refractivity contribution in [1.29, 1.82) is 0 Å². The predicted molar refractivity (Wildman–Crippen MR) is 89.4 cm³/mol. The van der Waals surface area contributed by atoms with Crippen molar-refractivity contribution in [3.63, 3.8) is 0 Å². The monoisotopic (exact) mass is 369 g/mol. The molecule has 1 heterocycles. The first-order chi connectivity index (χ1) is 11.8. The van der Waals surface area contributed by atoms with Crippen LogP contribution in [0.2, 0.25) is 0 Å². The quantitative estimate of drug-likeness (QED) is 0.816. The van der Waals surface area contributed by atoms with Gasteiger partial charge >= 0.3 is 6.18 Å². The van der Waals surface area contributed by atoms with E-state index in [1.165, 1.54) is 16.4 Å². The van der Waals surface area contributed by atoms with E-state index in [4.69, 9.17) is 0 Å². The number of rotatable bonds is 4. The van der Waals surface area contributed by atoms with E-state index in [2.05, 4.69) is 0 Å². The molecular weight excluding hydrogens is 351 g/mol. The van der Waals surface area contributed by atoms with Gasteiger partial charge in [-0.2, -0.15) is 13.2 Å². The molecule has 25 heavy (non-hydrogen) atoms. The number of hydrogen-bond donors (Lipinski definition) is 0. The molecule has 0 N–H and O–H groups in total. The third-order valence-corrected chi connectivity index (χ3v) is 6.26. The highest BCUT2D eigenvalue weighted by Crippen LogP contribution is 2.31. The highest BCUT2D eigenvalue weighted by Gasteiger charge is 2.33. The van der Waals surface area contributed by atoms with Crippen LogP contribution in [0.25, 0.3) is 0 Å². The Hall–Kier alpha value is -1.86. The van der Waals surface area contributed by atoms with Gasteiger partial charge in [0.15, 0.2) is 0 Å². The van der Waals surface area contributed by atoms with Crippen LogP contribution >= 0.6 is 0 Å². The minimum absolute atomic E-state index is 0.156. The molecule has 7 heteroatoms. The van der Waals surface area contributed by atoms with Gasteiger partial charge in [-0.1, -0.05) is 42.5 Å². The van der Waals surface area contributed by atoms with E-state index in [-0.39, 0.29) is 11.7 Å². The van der Waals surface area contributed by atoms with Crippen LogP contribution in [-0.2, 0) is 22.0 Å². The van der Waals surface area contributed by atoms with Crippen LogP contribution in [0.15, 0.2) is 54.6 Å². The number of nitrogens with zero attached hydrogens (tertiary/aromatic N) is 1. The molecular formula is C18H18F3NO2S. The van der Waals surface area contributed by atoms with Crippen LogP contribution in [0.1, 0.15) is 29.0 Å². The van der Waals surface area contributed by atoms with E-state index in [9.17, 15) is 21.6 Å².